The van der Waals surface area contributed by atoms with E-state index in [1.165, 1.54) is 29.3 Å². The maximum Gasteiger partial charge on any atom is 0.175 e. The van der Waals surface area contributed by atoms with Gasteiger partial charge in [0.05, 0.1) is 15.5 Å². The number of aryl methyl sites for hydroxylation is 2. The summed E-state index contributed by atoms with van der Waals surface area (Å²) in [6, 6.07) is 11.9. The molecular formula is C19H16ClNOS2. The highest BCUT2D eigenvalue weighted by Crippen LogP contribution is 2.34. The van der Waals surface area contributed by atoms with Gasteiger partial charge in [0, 0.05) is 10.6 Å². The molecule has 0 unspecified atom stereocenters. The van der Waals surface area contributed by atoms with E-state index in [2.05, 4.69) is 17.1 Å². The zero-order chi connectivity index (χ0) is 16.7. The third kappa shape index (κ3) is 3.10. The summed E-state index contributed by atoms with van der Waals surface area (Å²) in [4.78, 5) is 17.3. The number of carbonyl (C=O) groups is 1. The van der Waals surface area contributed by atoms with E-state index in [1.54, 1.807) is 11.3 Å². The first kappa shape index (κ1) is 16.1. The Kier molecular flexibility index (Phi) is 4.37. The van der Waals surface area contributed by atoms with Crippen LogP contribution in [0.15, 0.2) is 40.7 Å². The summed E-state index contributed by atoms with van der Waals surface area (Å²) in [5, 5.41) is 0.534. The number of Topliss-reactive ketones (excluding diaryl/α,β-unsaturated/α-hetero) is 1. The van der Waals surface area contributed by atoms with Crippen molar-refractivity contribution in [1.82, 2.24) is 4.98 Å². The van der Waals surface area contributed by atoms with Gasteiger partial charge in [0.25, 0.3) is 0 Å². The van der Waals surface area contributed by atoms with Crippen LogP contribution >= 0.6 is 34.7 Å². The molecule has 3 aromatic rings. The summed E-state index contributed by atoms with van der Waals surface area (Å²) in [6.45, 7) is 1.96. The molecule has 24 heavy (non-hydrogen) atoms. The maximum absolute atomic E-state index is 12.8. The van der Waals surface area contributed by atoms with Gasteiger partial charge in [-0.3, -0.25) is 4.79 Å². The number of fused-ring (bicyclic) bond motifs is 2. The number of aromatic nitrogens is 1. The molecule has 0 amide bonds. The standard InChI is InChI=1S/C19H16ClNOS2/c1-11(18(22)14-6-5-12-3-2-4-13(12)9-14)23-19-21-16-10-15(20)7-8-17(16)24-19/h5-11H,2-4H2,1H3/t11-/m0/s1. The normalized spacial score (nSPS) is 14.8. The molecule has 1 heterocycles. The van der Waals surface area contributed by atoms with Crippen molar-refractivity contribution in [3.8, 4) is 0 Å². The van der Waals surface area contributed by atoms with Crippen molar-refractivity contribution in [3.05, 3.63) is 58.1 Å². The van der Waals surface area contributed by atoms with Crippen molar-refractivity contribution in [2.24, 2.45) is 0 Å². The minimum absolute atomic E-state index is 0.152. The molecule has 0 radical (unpaired) electrons. The van der Waals surface area contributed by atoms with Gasteiger partial charge in [0.15, 0.2) is 10.1 Å². The van der Waals surface area contributed by atoms with Gasteiger partial charge in [-0.15, -0.1) is 11.3 Å². The average molecular weight is 374 g/mol. The molecule has 122 valence electrons. The Balaban J connectivity index is 1.54. The first-order chi connectivity index (χ1) is 11.6. The predicted molar refractivity (Wildman–Crippen MR) is 103 cm³/mol. The number of carbonyl (C=O) groups excluding carboxylic acids is 1. The fourth-order valence-corrected chi connectivity index (χ4v) is 5.53. The largest absolute Gasteiger partial charge is 0.293 e. The van der Waals surface area contributed by atoms with E-state index < -0.39 is 0 Å². The van der Waals surface area contributed by atoms with Crippen LogP contribution in [-0.4, -0.2) is 16.0 Å². The first-order valence-corrected chi connectivity index (χ1v) is 10.1. The number of nitrogens with zero attached hydrogens (tertiary/aromatic N) is 1. The number of thiazole rings is 1. The van der Waals surface area contributed by atoms with Crippen molar-refractivity contribution in [3.63, 3.8) is 0 Å². The number of benzene rings is 2. The van der Waals surface area contributed by atoms with E-state index in [1.807, 2.05) is 31.2 Å². The lowest BCUT2D eigenvalue weighted by Crippen LogP contribution is -2.13. The highest BCUT2D eigenvalue weighted by molar-refractivity contribution is 8.02. The van der Waals surface area contributed by atoms with E-state index >= 15 is 0 Å². The Hall–Kier alpha value is -1.36. The van der Waals surface area contributed by atoms with Gasteiger partial charge in [0.2, 0.25) is 0 Å². The minimum atomic E-state index is -0.152. The SMILES string of the molecule is C[C@H](Sc1nc2cc(Cl)ccc2s1)C(=O)c1ccc2c(c1)CCC2. The van der Waals surface area contributed by atoms with Gasteiger partial charge in [-0.1, -0.05) is 35.5 Å². The van der Waals surface area contributed by atoms with Crippen LogP contribution in [0.5, 0.6) is 0 Å². The van der Waals surface area contributed by atoms with Crippen molar-refractivity contribution in [2.45, 2.75) is 35.8 Å². The number of halogens is 1. The number of hydrogen-bond acceptors (Lipinski definition) is 4. The van der Waals surface area contributed by atoms with E-state index in [0.29, 0.717) is 5.02 Å². The molecule has 0 bridgehead atoms. The number of ketones is 1. The second kappa shape index (κ2) is 6.51. The summed E-state index contributed by atoms with van der Waals surface area (Å²) >= 11 is 9.15. The molecule has 1 aliphatic rings. The lowest BCUT2D eigenvalue weighted by molar-refractivity contribution is 0.0994. The van der Waals surface area contributed by atoms with Gasteiger partial charge >= 0.3 is 0 Å². The topological polar surface area (TPSA) is 30.0 Å². The summed E-state index contributed by atoms with van der Waals surface area (Å²) in [5.41, 5.74) is 4.45. The predicted octanol–water partition coefficient (Wildman–Crippen LogP) is 5.80. The van der Waals surface area contributed by atoms with Crippen LogP contribution < -0.4 is 0 Å². The zero-order valence-electron chi connectivity index (χ0n) is 13.2. The van der Waals surface area contributed by atoms with Gasteiger partial charge in [-0.05, 0) is 61.6 Å². The smallest absolute Gasteiger partial charge is 0.175 e. The first-order valence-electron chi connectivity index (χ1n) is 7.99. The average Bonchev–Trinajstić information content (AvgIpc) is 3.18. The second-order valence-corrected chi connectivity index (χ2v) is 9.11. The van der Waals surface area contributed by atoms with Crippen LogP contribution in [-0.2, 0) is 12.8 Å². The molecule has 4 rings (SSSR count). The van der Waals surface area contributed by atoms with Crippen LogP contribution in [0.2, 0.25) is 5.02 Å². The second-order valence-electron chi connectivity index (χ2n) is 6.05. The Morgan fingerprint density at radius 2 is 2.04 bits per heavy atom. The van der Waals surface area contributed by atoms with Crippen molar-refractivity contribution in [1.29, 1.82) is 0 Å². The molecule has 1 aliphatic carbocycles. The molecule has 0 fully saturated rings. The highest BCUT2D eigenvalue weighted by Gasteiger charge is 2.20. The Morgan fingerprint density at radius 3 is 2.92 bits per heavy atom. The molecule has 5 heteroatoms. The molecule has 2 nitrogen and oxygen atoms in total. The highest BCUT2D eigenvalue weighted by atomic mass is 35.5. The Bertz CT molecular complexity index is 934. The van der Waals surface area contributed by atoms with Crippen LogP contribution in [0.25, 0.3) is 10.2 Å². The van der Waals surface area contributed by atoms with Crippen LogP contribution in [0.1, 0.15) is 34.8 Å². The van der Waals surface area contributed by atoms with E-state index in [0.717, 1.165) is 33.0 Å². The summed E-state index contributed by atoms with van der Waals surface area (Å²) in [5.74, 6) is 0.173. The number of rotatable bonds is 4. The molecule has 0 N–H and O–H groups in total. The number of hydrogen-bond donors (Lipinski definition) is 0. The molecule has 0 saturated heterocycles. The van der Waals surface area contributed by atoms with Crippen molar-refractivity contribution >= 4 is 50.7 Å². The summed E-state index contributed by atoms with van der Waals surface area (Å²) in [7, 11) is 0. The number of thioether (sulfide) groups is 1. The molecule has 1 aromatic heterocycles. The van der Waals surface area contributed by atoms with Gasteiger partial charge in [-0.2, -0.15) is 0 Å². The lowest BCUT2D eigenvalue weighted by atomic mass is 10.0. The van der Waals surface area contributed by atoms with Gasteiger partial charge < -0.3 is 0 Å². The summed E-state index contributed by atoms with van der Waals surface area (Å²) < 4.78 is 2.01. The minimum Gasteiger partial charge on any atom is -0.293 e. The van der Waals surface area contributed by atoms with Gasteiger partial charge in [-0.25, -0.2) is 4.98 Å². The molecule has 0 aliphatic heterocycles. The summed E-state index contributed by atoms with van der Waals surface area (Å²) in [6.07, 6.45) is 3.44. The molecule has 0 spiro atoms. The van der Waals surface area contributed by atoms with E-state index in [4.69, 9.17) is 11.6 Å². The zero-order valence-corrected chi connectivity index (χ0v) is 15.6. The molecule has 0 saturated carbocycles. The molecular weight excluding hydrogens is 358 g/mol. The van der Waals surface area contributed by atoms with Crippen molar-refractivity contribution in [2.75, 3.05) is 0 Å². The fourth-order valence-electron chi connectivity index (χ4n) is 3.09. The lowest BCUT2D eigenvalue weighted by Gasteiger charge is -2.09. The third-order valence-electron chi connectivity index (χ3n) is 4.36. The molecule has 1 atom stereocenters. The van der Waals surface area contributed by atoms with Crippen LogP contribution in [0.4, 0.5) is 0 Å². The monoisotopic (exact) mass is 373 g/mol. The van der Waals surface area contributed by atoms with Crippen molar-refractivity contribution < 1.29 is 4.79 Å². The third-order valence-corrected chi connectivity index (χ3v) is 6.83. The van der Waals surface area contributed by atoms with E-state index in [-0.39, 0.29) is 11.0 Å². The van der Waals surface area contributed by atoms with Crippen LogP contribution in [0.3, 0.4) is 0 Å². The van der Waals surface area contributed by atoms with Gasteiger partial charge in [0.1, 0.15) is 0 Å². The maximum atomic E-state index is 12.8. The quantitative estimate of drug-likeness (QED) is 0.427. The Morgan fingerprint density at radius 1 is 1.21 bits per heavy atom. The Labute approximate surface area is 154 Å². The fraction of sp³-hybridized carbons (Fsp3) is 0.263. The molecule has 2 aromatic carbocycles. The van der Waals surface area contributed by atoms with Crippen LogP contribution in [0, 0.1) is 0 Å². The van der Waals surface area contributed by atoms with E-state index in [9.17, 15) is 4.79 Å².